The van der Waals surface area contributed by atoms with E-state index in [1.54, 1.807) is 4.90 Å². The van der Waals surface area contributed by atoms with Crippen LogP contribution in [0.5, 0.6) is 0 Å². The van der Waals surface area contributed by atoms with Crippen molar-refractivity contribution in [3.8, 4) is 6.07 Å². The highest BCUT2D eigenvalue weighted by atomic mass is 19.1. The molecule has 0 saturated carbocycles. The maximum Gasteiger partial charge on any atom is 0.253 e. The third-order valence-corrected chi connectivity index (χ3v) is 6.32. The smallest absolute Gasteiger partial charge is 0.253 e. The van der Waals surface area contributed by atoms with Crippen molar-refractivity contribution in [2.75, 3.05) is 44.2 Å². The summed E-state index contributed by atoms with van der Waals surface area (Å²) in [4.78, 5) is 32.0. The molecule has 2 fully saturated rings. The van der Waals surface area contributed by atoms with Gasteiger partial charge in [-0.1, -0.05) is 0 Å². The molecule has 166 valence electrons. The Hall–Kier alpha value is -3.40. The van der Waals surface area contributed by atoms with Gasteiger partial charge in [-0.25, -0.2) is 4.39 Å². The first kappa shape index (κ1) is 21.8. The minimum atomic E-state index is -0.371. The summed E-state index contributed by atoms with van der Waals surface area (Å²) in [5.41, 5.74) is 2.15. The molecular formula is C25H27FN4O2. The first-order chi connectivity index (χ1) is 15.5. The number of piperidine rings is 1. The fraction of sp³-hybridized carbons (Fsp3) is 0.400. The third kappa shape index (κ3) is 4.91. The maximum absolute atomic E-state index is 13.3. The molecule has 1 atom stereocenters. The summed E-state index contributed by atoms with van der Waals surface area (Å²) in [6.07, 6.45) is 2.44. The SMILES string of the molecule is N#Cc1ccc(N2CCCN(C(=O)C3CCCN(C(=O)c4ccc(F)cc4)C3)CC2)cc1. The van der Waals surface area contributed by atoms with E-state index in [1.165, 1.54) is 24.3 Å². The summed E-state index contributed by atoms with van der Waals surface area (Å²) < 4.78 is 13.2. The van der Waals surface area contributed by atoms with Gasteiger partial charge >= 0.3 is 0 Å². The molecule has 0 N–H and O–H groups in total. The van der Waals surface area contributed by atoms with Gasteiger partial charge in [-0.15, -0.1) is 0 Å². The summed E-state index contributed by atoms with van der Waals surface area (Å²) >= 11 is 0. The molecule has 7 heteroatoms. The van der Waals surface area contributed by atoms with Gasteiger partial charge in [0.2, 0.25) is 5.91 Å². The number of benzene rings is 2. The molecule has 0 aromatic heterocycles. The zero-order chi connectivity index (χ0) is 22.5. The van der Waals surface area contributed by atoms with Crippen LogP contribution in [-0.2, 0) is 4.79 Å². The molecular weight excluding hydrogens is 407 g/mol. The van der Waals surface area contributed by atoms with Crippen LogP contribution >= 0.6 is 0 Å². The Bertz CT molecular complexity index is 1000. The summed E-state index contributed by atoms with van der Waals surface area (Å²) in [5.74, 6) is -0.604. The van der Waals surface area contributed by atoms with Crippen molar-refractivity contribution >= 4 is 17.5 Å². The average Bonchev–Trinajstić information content (AvgIpc) is 3.10. The number of hydrogen-bond donors (Lipinski definition) is 0. The number of likely N-dealkylation sites (tertiary alicyclic amines) is 1. The summed E-state index contributed by atoms with van der Waals surface area (Å²) in [6, 6.07) is 15.2. The average molecular weight is 435 g/mol. The molecule has 6 nitrogen and oxygen atoms in total. The van der Waals surface area contributed by atoms with E-state index in [4.69, 9.17) is 5.26 Å². The molecule has 0 radical (unpaired) electrons. The molecule has 4 rings (SSSR count). The van der Waals surface area contributed by atoms with E-state index in [2.05, 4.69) is 11.0 Å². The Morgan fingerprint density at radius 1 is 0.875 bits per heavy atom. The standard InChI is InChI=1S/C25H27FN4O2/c26-22-8-6-20(7-9-22)24(31)30-12-1-3-21(18-30)25(32)29-14-2-13-28(15-16-29)23-10-4-19(17-27)5-11-23/h4-11,21H,1-3,12-16,18H2. The lowest BCUT2D eigenvalue weighted by molar-refractivity contribution is -0.136. The van der Waals surface area contributed by atoms with Gasteiger partial charge in [-0.2, -0.15) is 5.26 Å². The lowest BCUT2D eigenvalue weighted by Gasteiger charge is -2.35. The molecule has 0 bridgehead atoms. The predicted octanol–water partition coefficient (Wildman–Crippen LogP) is 3.29. The van der Waals surface area contributed by atoms with Crippen LogP contribution in [0.3, 0.4) is 0 Å². The van der Waals surface area contributed by atoms with Gasteiger partial charge in [-0.3, -0.25) is 9.59 Å². The van der Waals surface area contributed by atoms with Crippen LogP contribution in [0.25, 0.3) is 0 Å². The number of anilines is 1. The van der Waals surface area contributed by atoms with Crippen LogP contribution < -0.4 is 4.90 Å². The molecule has 2 aromatic carbocycles. The first-order valence-electron chi connectivity index (χ1n) is 11.1. The molecule has 0 spiro atoms. The second kappa shape index (κ2) is 9.82. The van der Waals surface area contributed by atoms with Gasteiger partial charge in [0.15, 0.2) is 0 Å². The van der Waals surface area contributed by atoms with E-state index < -0.39 is 0 Å². The second-order valence-corrected chi connectivity index (χ2v) is 8.42. The minimum Gasteiger partial charge on any atom is -0.370 e. The van der Waals surface area contributed by atoms with E-state index in [1.807, 2.05) is 29.2 Å². The largest absolute Gasteiger partial charge is 0.370 e. The van der Waals surface area contributed by atoms with Gasteiger partial charge in [0.1, 0.15) is 5.82 Å². The van der Waals surface area contributed by atoms with Crippen LogP contribution in [0, 0.1) is 23.1 Å². The van der Waals surface area contributed by atoms with Crippen molar-refractivity contribution in [1.82, 2.24) is 9.80 Å². The van der Waals surface area contributed by atoms with Crippen molar-refractivity contribution in [2.45, 2.75) is 19.3 Å². The molecule has 2 aliphatic rings. The molecule has 2 amide bonds. The van der Waals surface area contributed by atoms with Crippen LogP contribution in [-0.4, -0.2) is 60.9 Å². The minimum absolute atomic E-state index is 0.114. The van der Waals surface area contributed by atoms with Gasteiger partial charge < -0.3 is 14.7 Å². The Morgan fingerprint density at radius 3 is 2.31 bits per heavy atom. The first-order valence-corrected chi connectivity index (χ1v) is 11.1. The summed E-state index contributed by atoms with van der Waals surface area (Å²) in [5, 5.41) is 8.98. The monoisotopic (exact) mass is 434 g/mol. The van der Waals surface area contributed by atoms with Crippen LogP contribution in [0.15, 0.2) is 48.5 Å². The van der Waals surface area contributed by atoms with Gasteiger partial charge in [0.05, 0.1) is 17.6 Å². The topological polar surface area (TPSA) is 67.7 Å². The maximum atomic E-state index is 13.3. The lowest BCUT2D eigenvalue weighted by Crippen LogP contribution is -2.47. The highest BCUT2D eigenvalue weighted by Crippen LogP contribution is 2.23. The number of nitriles is 1. The third-order valence-electron chi connectivity index (χ3n) is 6.32. The van der Waals surface area contributed by atoms with Crippen LogP contribution in [0.4, 0.5) is 10.1 Å². The normalized spacial score (nSPS) is 19.2. The van der Waals surface area contributed by atoms with E-state index in [0.29, 0.717) is 37.3 Å². The zero-order valence-corrected chi connectivity index (χ0v) is 18.0. The van der Waals surface area contributed by atoms with Gasteiger partial charge in [-0.05, 0) is 67.8 Å². The number of rotatable bonds is 3. The summed E-state index contributed by atoms with van der Waals surface area (Å²) in [6.45, 7) is 3.96. The van der Waals surface area contributed by atoms with Crippen molar-refractivity contribution in [1.29, 1.82) is 5.26 Å². The predicted molar refractivity (Wildman–Crippen MR) is 120 cm³/mol. The van der Waals surface area contributed by atoms with Crippen molar-refractivity contribution in [2.24, 2.45) is 5.92 Å². The lowest BCUT2D eigenvalue weighted by atomic mass is 9.95. The van der Waals surface area contributed by atoms with Crippen molar-refractivity contribution < 1.29 is 14.0 Å². The van der Waals surface area contributed by atoms with Crippen molar-refractivity contribution in [3.05, 3.63) is 65.5 Å². The molecule has 2 aromatic rings. The van der Waals surface area contributed by atoms with Crippen molar-refractivity contribution in [3.63, 3.8) is 0 Å². The van der Waals surface area contributed by atoms with E-state index in [9.17, 15) is 14.0 Å². The Labute approximate surface area is 187 Å². The van der Waals surface area contributed by atoms with Gasteiger partial charge in [0.25, 0.3) is 5.91 Å². The molecule has 0 aliphatic carbocycles. The Kier molecular flexibility index (Phi) is 6.69. The number of nitrogens with zero attached hydrogens (tertiary/aromatic N) is 4. The molecule has 2 aliphatic heterocycles. The van der Waals surface area contributed by atoms with Crippen LogP contribution in [0.1, 0.15) is 35.2 Å². The van der Waals surface area contributed by atoms with E-state index in [0.717, 1.165) is 38.0 Å². The highest BCUT2D eigenvalue weighted by Gasteiger charge is 2.32. The summed E-state index contributed by atoms with van der Waals surface area (Å²) in [7, 11) is 0. The van der Waals surface area contributed by atoms with E-state index in [-0.39, 0.29) is 23.5 Å². The van der Waals surface area contributed by atoms with Gasteiger partial charge in [0, 0.05) is 50.5 Å². The van der Waals surface area contributed by atoms with Crippen LogP contribution in [0.2, 0.25) is 0 Å². The molecule has 2 heterocycles. The molecule has 32 heavy (non-hydrogen) atoms. The molecule has 2 saturated heterocycles. The number of carbonyl (C=O) groups is 2. The fourth-order valence-electron chi connectivity index (χ4n) is 4.54. The Morgan fingerprint density at radius 2 is 1.59 bits per heavy atom. The number of hydrogen-bond acceptors (Lipinski definition) is 4. The molecule has 1 unspecified atom stereocenters. The zero-order valence-electron chi connectivity index (χ0n) is 18.0. The van der Waals surface area contributed by atoms with E-state index >= 15 is 0 Å². The number of halogens is 1. The Balaban J connectivity index is 1.36. The fourth-order valence-corrected chi connectivity index (χ4v) is 4.54. The highest BCUT2D eigenvalue weighted by molar-refractivity contribution is 5.94. The second-order valence-electron chi connectivity index (χ2n) is 8.42. The quantitative estimate of drug-likeness (QED) is 0.744. The number of amides is 2. The number of carbonyl (C=O) groups excluding carboxylic acids is 2.